The van der Waals surface area contributed by atoms with Gasteiger partial charge in [-0.2, -0.15) is 0 Å². The minimum Gasteiger partial charge on any atom is -0.355 e. The van der Waals surface area contributed by atoms with Gasteiger partial charge in [-0.05, 0) is 99.3 Å². The normalized spacial score (nSPS) is 11.3. The van der Waals surface area contributed by atoms with Gasteiger partial charge in [-0.25, -0.2) is 0 Å². The number of anilines is 2. The highest BCUT2D eigenvalue weighted by atomic mass is 15.0. The standard InChI is InChI=1S/C46H32N2/c1-3-13-33(14-4-1)42-30-37(24-26-44(42)47-39-17-5-2-6-18-39)38-25-27-46-43(31-38)41-20-9-10-21-45(41)48(46)40-19-11-16-35(29-40)36-23-22-32-12-7-8-15-34(32)28-36/h1-31,47H. The zero-order valence-corrected chi connectivity index (χ0v) is 26.3. The second kappa shape index (κ2) is 11.8. The van der Waals surface area contributed by atoms with E-state index in [1.54, 1.807) is 0 Å². The summed E-state index contributed by atoms with van der Waals surface area (Å²) in [4.78, 5) is 0. The Bertz CT molecular complexity index is 2580. The van der Waals surface area contributed by atoms with Crippen molar-refractivity contribution in [2.75, 3.05) is 5.32 Å². The lowest BCUT2D eigenvalue weighted by Crippen LogP contribution is -1.95. The minimum absolute atomic E-state index is 1.07. The van der Waals surface area contributed by atoms with E-state index in [2.05, 4.69) is 192 Å². The number of aromatic nitrogens is 1. The Kier molecular flexibility index (Phi) is 6.84. The van der Waals surface area contributed by atoms with E-state index in [-0.39, 0.29) is 0 Å². The molecule has 1 N–H and O–H groups in total. The molecule has 8 aromatic carbocycles. The average Bonchev–Trinajstić information content (AvgIpc) is 3.49. The van der Waals surface area contributed by atoms with Gasteiger partial charge < -0.3 is 9.88 Å². The third-order valence-electron chi connectivity index (χ3n) is 9.35. The number of rotatable bonds is 6. The van der Waals surface area contributed by atoms with Crippen LogP contribution in [0.3, 0.4) is 0 Å². The molecule has 0 radical (unpaired) electrons. The number of nitrogens with one attached hydrogen (secondary N) is 1. The topological polar surface area (TPSA) is 17.0 Å². The van der Waals surface area contributed by atoms with Gasteiger partial charge >= 0.3 is 0 Å². The summed E-state index contributed by atoms with van der Waals surface area (Å²) in [5.41, 5.74) is 12.9. The SMILES string of the molecule is c1ccc(Nc2ccc(-c3ccc4c(c3)c3ccccc3n4-c3cccc(-c4ccc5ccccc5c4)c3)cc2-c2ccccc2)cc1. The van der Waals surface area contributed by atoms with Crippen LogP contribution in [0.2, 0.25) is 0 Å². The lowest BCUT2D eigenvalue weighted by atomic mass is 9.96. The van der Waals surface area contributed by atoms with Crippen molar-refractivity contribution >= 4 is 44.0 Å². The molecule has 1 heterocycles. The lowest BCUT2D eigenvalue weighted by molar-refractivity contribution is 1.18. The van der Waals surface area contributed by atoms with Crippen LogP contribution in [0, 0.1) is 0 Å². The summed E-state index contributed by atoms with van der Waals surface area (Å²) >= 11 is 0. The fourth-order valence-corrected chi connectivity index (χ4v) is 6.99. The van der Waals surface area contributed by atoms with Gasteiger partial charge in [-0.3, -0.25) is 0 Å². The number of benzene rings is 8. The van der Waals surface area contributed by atoms with Crippen molar-refractivity contribution in [3.05, 3.63) is 188 Å². The fraction of sp³-hybridized carbons (Fsp3) is 0. The molecule has 226 valence electrons. The van der Waals surface area contributed by atoms with E-state index in [1.807, 2.05) is 6.07 Å². The first-order valence-corrected chi connectivity index (χ1v) is 16.4. The van der Waals surface area contributed by atoms with Crippen molar-refractivity contribution < 1.29 is 0 Å². The van der Waals surface area contributed by atoms with Gasteiger partial charge in [0.05, 0.1) is 11.0 Å². The van der Waals surface area contributed by atoms with Crippen LogP contribution in [0.5, 0.6) is 0 Å². The Morgan fingerprint density at radius 2 is 0.979 bits per heavy atom. The number of para-hydroxylation sites is 2. The van der Waals surface area contributed by atoms with E-state index in [9.17, 15) is 0 Å². The third kappa shape index (κ3) is 5.01. The van der Waals surface area contributed by atoms with E-state index in [4.69, 9.17) is 0 Å². The molecule has 2 nitrogen and oxygen atoms in total. The highest BCUT2D eigenvalue weighted by Gasteiger charge is 2.15. The summed E-state index contributed by atoms with van der Waals surface area (Å²) in [5.74, 6) is 0. The molecule has 0 saturated heterocycles. The van der Waals surface area contributed by atoms with Gasteiger partial charge in [-0.1, -0.05) is 127 Å². The molecule has 0 atom stereocenters. The molecule has 0 unspecified atom stereocenters. The Morgan fingerprint density at radius 1 is 0.354 bits per heavy atom. The summed E-state index contributed by atoms with van der Waals surface area (Å²) < 4.78 is 2.40. The number of hydrogen-bond donors (Lipinski definition) is 1. The molecule has 0 bridgehead atoms. The number of hydrogen-bond acceptors (Lipinski definition) is 1. The van der Waals surface area contributed by atoms with Crippen molar-refractivity contribution in [3.8, 4) is 39.1 Å². The van der Waals surface area contributed by atoms with Crippen LogP contribution in [0.1, 0.15) is 0 Å². The van der Waals surface area contributed by atoms with Crippen LogP contribution < -0.4 is 5.32 Å². The molecule has 2 heteroatoms. The zero-order chi connectivity index (χ0) is 31.9. The number of fused-ring (bicyclic) bond motifs is 4. The van der Waals surface area contributed by atoms with E-state index < -0.39 is 0 Å². The predicted octanol–water partition coefficient (Wildman–Crippen LogP) is 12.7. The molecular formula is C46H32N2. The largest absolute Gasteiger partial charge is 0.355 e. The maximum absolute atomic E-state index is 3.65. The van der Waals surface area contributed by atoms with Gasteiger partial charge in [0.15, 0.2) is 0 Å². The zero-order valence-electron chi connectivity index (χ0n) is 26.3. The van der Waals surface area contributed by atoms with Crippen LogP contribution in [-0.4, -0.2) is 4.57 Å². The van der Waals surface area contributed by atoms with E-state index in [0.717, 1.165) is 17.1 Å². The Morgan fingerprint density at radius 3 is 1.85 bits per heavy atom. The summed E-state index contributed by atoms with van der Waals surface area (Å²) in [6.45, 7) is 0. The molecule has 9 aromatic rings. The summed E-state index contributed by atoms with van der Waals surface area (Å²) in [6, 6.07) is 67.6. The van der Waals surface area contributed by atoms with E-state index >= 15 is 0 Å². The van der Waals surface area contributed by atoms with Crippen LogP contribution in [0.25, 0.3) is 71.6 Å². The molecule has 1 aromatic heterocycles. The first-order chi connectivity index (χ1) is 23.8. The second-order valence-electron chi connectivity index (χ2n) is 12.3. The summed E-state index contributed by atoms with van der Waals surface area (Å²) in [7, 11) is 0. The van der Waals surface area contributed by atoms with E-state index in [1.165, 1.54) is 66.0 Å². The van der Waals surface area contributed by atoms with Crippen molar-refractivity contribution in [3.63, 3.8) is 0 Å². The van der Waals surface area contributed by atoms with Crippen molar-refractivity contribution in [1.29, 1.82) is 0 Å². The van der Waals surface area contributed by atoms with Crippen LogP contribution in [-0.2, 0) is 0 Å². The molecule has 48 heavy (non-hydrogen) atoms. The highest BCUT2D eigenvalue weighted by Crippen LogP contribution is 2.39. The third-order valence-corrected chi connectivity index (χ3v) is 9.35. The fourth-order valence-electron chi connectivity index (χ4n) is 6.99. The van der Waals surface area contributed by atoms with Crippen LogP contribution >= 0.6 is 0 Å². The van der Waals surface area contributed by atoms with Gasteiger partial charge in [-0.15, -0.1) is 0 Å². The van der Waals surface area contributed by atoms with Gasteiger partial charge in [0.1, 0.15) is 0 Å². The lowest BCUT2D eigenvalue weighted by Gasteiger charge is -2.15. The number of nitrogens with zero attached hydrogens (tertiary/aromatic N) is 1. The van der Waals surface area contributed by atoms with Crippen LogP contribution in [0.15, 0.2) is 188 Å². The summed E-state index contributed by atoms with van der Waals surface area (Å²) in [6.07, 6.45) is 0. The Hall–Kier alpha value is -6.38. The smallest absolute Gasteiger partial charge is 0.0541 e. The predicted molar refractivity (Wildman–Crippen MR) is 204 cm³/mol. The first kappa shape index (κ1) is 27.9. The molecule has 9 rings (SSSR count). The maximum atomic E-state index is 3.65. The van der Waals surface area contributed by atoms with Crippen LogP contribution in [0.4, 0.5) is 11.4 Å². The quantitative estimate of drug-likeness (QED) is 0.198. The van der Waals surface area contributed by atoms with Crippen molar-refractivity contribution in [1.82, 2.24) is 4.57 Å². The minimum atomic E-state index is 1.07. The molecule has 0 aliphatic rings. The molecule has 0 spiro atoms. The monoisotopic (exact) mass is 612 g/mol. The molecular weight excluding hydrogens is 581 g/mol. The molecule has 0 amide bonds. The van der Waals surface area contributed by atoms with Crippen molar-refractivity contribution in [2.45, 2.75) is 0 Å². The second-order valence-corrected chi connectivity index (χ2v) is 12.3. The van der Waals surface area contributed by atoms with Gasteiger partial charge in [0.25, 0.3) is 0 Å². The Labute approximate surface area is 280 Å². The maximum Gasteiger partial charge on any atom is 0.0541 e. The average molecular weight is 613 g/mol. The molecule has 0 aliphatic heterocycles. The molecule has 0 saturated carbocycles. The van der Waals surface area contributed by atoms with Gasteiger partial charge in [0.2, 0.25) is 0 Å². The van der Waals surface area contributed by atoms with Crippen molar-refractivity contribution in [2.24, 2.45) is 0 Å². The first-order valence-electron chi connectivity index (χ1n) is 16.4. The summed E-state index contributed by atoms with van der Waals surface area (Å²) in [5, 5.41) is 8.65. The Balaban J connectivity index is 1.16. The van der Waals surface area contributed by atoms with Gasteiger partial charge in [0, 0.05) is 33.4 Å². The van der Waals surface area contributed by atoms with E-state index in [0.29, 0.717) is 0 Å². The molecule has 0 fully saturated rings. The molecule has 0 aliphatic carbocycles. The highest BCUT2D eigenvalue weighted by molar-refractivity contribution is 6.10.